The fraction of sp³-hybridized carbons (Fsp3) is 0.0769. The van der Waals surface area contributed by atoms with Crippen molar-refractivity contribution in [3.05, 3.63) is 51.4 Å². The Hall–Kier alpha value is 0.180. The summed E-state index contributed by atoms with van der Waals surface area (Å²) < 4.78 is 17.4. The van der Waals surface area contributed by atoms with Crippen LogP contribution in [0, 0.1) is 0 Å². The molecule has 0 amide bonds. The minimum absolute atomic E-state index is 0.487. The fourth-order valence-corrected chi connectivity index (χ4v) is 6.42. The molecule has 0 fully saturated rings. The number of thiophene rings is 1. The van der Waals surface area contributed by atoms with E-state index in [1.165, 1.54) is 23.1 Å². The maximum atomic E-state index is 12.0. The van der Waals surface area contributed by atoms with E-state index in [0.717, 1.165) is 17.8 Å². The van der Waals surface area contributed by atoms with Crippen molar-refractivity contribution in [3.63, 3.8) is 0 Å². The van der Waals surface area contributed by atoms with Crippen molar-refractivity contribution in [1.82, 2.24) is 4.72 Å². The Balaban J connectivity index is 2.24. The smallest absolute Gasteiger partial charge is 0.135 e. The van der Waals surface area contributed by atoms with E-state index < -0.39 is 11.0 Å². The van der Waals surface area contributed by atoms with Crippen LogP contribution in [0.5, 0.6) is 0 Å². The van der Waals surface area contributed by atoms with E-state index in [1.807, 2.05) is 6.07 Å². The first kappa shape index (κ1) is 17.5. The standard InChI is InChI=1S/C13H10BrCl2NOS3/c1-2-6-17-21(18)11-7-8(14)13(19-11)20-12-9(15)4-3-5-10(12)16/h2-5,7,17H,1,6H2. The molecule has 0 radical (unpaired) electrons. The molecular weight excluding hydrogens is 433 g/mol. The van der Waals surface area contributed by atoms with Crippen molar-refractivity contribution in [2.45, 2.75) is 13.3 Å². The van der Waals surface area contributed by atoms with Gasteiger partial charge in [0.25, 0.3) is 0 Å². The highest BCUT2D eigenvalue weighted by Gasteiger charge is 2.15. The van der Waals surface area contributed by atoms with Crippen LogP contribution >= 0.6 is 62.2 Å². The molecule has 0 aliphatic carbocycles. The first-order valence-electron chi connectivity index (χ1n) is 5.70. The van der Waals surface area contributed by atoms with Crippen LogP contribution in [0.1, 0.15) is 0 Å². The van der Waals surface area contributed by atoms with Crippen molar-refractivity contribution in [2.75, 3.05) is 6.54 Å². The summed E-state index contributed by atoms with van der Waals surface area (Å²) in [7, 11) is -1.25. The average Bonchev–Trinajstić information content (AvgIpc) is 2.82. The van der Waals surface area contributed by atoms with Gasteiger partial charge in [0.05, 0.1) is 19.1 Å². The van der Waals surface area contributed by atoms with Gasteiger partial charge in [-0.3, -0.25) is 0 Å². The Kier molecular flexibility index (Phi) is 6.80. The lowest BCUT2D eigenvalue weighted by molar-refractivity contribution is 0.677. The SMILES string of the molecule is C=CCNS(=O)c1cc(Br)c(Sc2c(Cl)cccc2Cl)s1. The number of halogens is 3. The minimum atomic E-state index is -1.25. The van der Waals surface area contributed by atoms with Gasteiger partial charge in [-0.15, -0.1) is 17.9 Å². The molecule has 0 aliphatic rings. The van der Waals surface area contributed by atoms with E-state index >= 15 is 0 Å². The van der Waals surface area contributed by atoms with Gasteiger partial charge >= 0.3 is 0 Å². The lowest BCUT2D eigenvalue weighted by Crippen LogP contribution is -2.15. The molecule has 2 aromatic rings. The summed E-state index contributed by atoms with van der Waals surface area (Å²) in [6.45, 7) is 4.08. The molecule has 0 saturated carbocycles. The molecule has 2 rings (SSSR count). The maximum absolute atomic E-state index is 12.0. The number of hydrogen-bond donors (Lipinski definition) is 1. The van der Waals surface area contributed by atoms with Crippen molar-refractivity contribution in [1.29, 1.82) is 0 Å². The van der Waals surface area contributed by atoms with Gasteiger partial charge in [0, 0.05) is 11.0 Å². The van der Waals surface area contributed by atoms with Crippen LogP contribution in [0.2, 0.25) is 10.0 Å². The normalized spacial score (nSPS) is 12.3. The summed E-state index contributed by atoms with van der Waals surface area (Å²) >= 11 is 18.7. The summed E-state index contributed by atoms with van der Waals surface area (Å²) in [5.41, 5.74) is 0. The number of nitrogens with one attached hydrogen (secondary N) is 1. The summed E-state index contributed by atoms with van der Waals surface area (Å²) in [5, 5.41) is 1.19. The van der Waals surface area contributed by atoms with E-state index in [0.29, 0.717) is 16.6 Å². The third-order valence-electron chi connectivity index (χ3n) is 2.29. The lowest BCUT2D eigenvalue weighted by atomic mass is 10.4. The second kappa shape index (κ2) is 8.15. The first-order valence-corrected chi connectivity index (χ1v) is 10.0. The van der Waals surface area contributed by atoms with Gasteiger partial charge in [-0.2, -0.15) is 0 Å². The third kappa shape index (κ3) is 4.58. The summed E-state index contributed by atoms with van der Waals surface area (Å²) in [4.78, 5) is 0.791. The molecule has 0 saturated heterocycles. The Labute approximate surface area is 152 Å². The fourth-order valence-electron chi connectivity index (χ4n) is 1.37. The highest BCUT2D eigenvalue weighted by molar-refractivity contribution is 9.10. The molecule has 0 spiro atoms. The van der Waals surface area contributed by atoms with Gasteiger partial charge in [-0.05, 0) is 34.1 Å². The van der Waals surface area contributed by atoms with E-state index in [1.54, 1.807) is 24.3 Å². The molecule has 8 heteroatoms. The molecule has 1 atom stereocenters. The van der Waals surface area contributed by atoms with E-state index in [4.69, 9.17) is 23.2 Å². The highest BCUT2D eigenvalue weighted by atomic mass is 79.9. The van der Waals surface area contributed by atoms with Gasteiger partial charge in [0.2, 0.25) is 0 Å². The Morgan fingerprint density at radius 2 is 2.10 bits per heavy atom. The van der Waals surface area contributed by atoms with E-state index in [-0.39, 0.29) is 0 Å². The van der Waals surface area contributed by atoms with Crippen molar-refractivity contribution < 1.29 is 4.21 Å². The number of benzene rings is 1. The van der Waals surface area contributed by atoms with Crippen molar-refractivity contribution >= 4 is 73.2 Å². The van der Waals surface area contributed by atoms with Gasteiger partial charge in [-0.25, -0.2) is 8.93 Å². The molecule has 1 N–H and O–H groups in total. The second-order valence-electron chi connectivity index (χ2n) is 3.76. The monoisotopic (exact) mass is 441 g/mol. The van der Waals surface area contributed by atoms with Gasteiger partial charge in [-0.1, -0.05) is 47.1 Å². The molecule has 0 bridgehead atoms. The first-order chi connectivity index (χ1) is 10.0. The molecule has 1 aromatic heterocycles. The van der Waals surface area contributed by atoms with Crippen LogP contribution in [-0.4, -0.2) is 10.8 Å². The van der Waals surface area contributed by atoms with Crippen LogP contribution in [0.4, 0.5) is 0 Å². The van der Waals surface area contributed by atoms with Crippen LogP contribution < -0.4 is 4.72 Å². The molecule has 1 heterocycles. The zero-order chi connectivity index (χ0) is 15.4. The lowest BCUT2D eigenvalue weighted by Gasteiger charge is -2.04. The zero-order valence-corrected chi connectivity index (χ0v) is 16.1. The average molecular weight is 443 g/mol. The third-order valence-corrected chi connectivity index (χ3v) is 8.18. The van der Waals surface area contributed by atoms with Crippen LogP contribution in [-0.2, 0) is 11.0 Å². The molecule has 1 aromatic carbocycles. The summed E-state index contributed by atoms with van der Waals surface area (Å²) in [5.74, 6) is 0. The largest absolute Gasteiger partial charge is 0.237 e. The van der Waals surface area contributed by atoms with Gasteiger partial charge < -0.3 is 0 Å². The summed E-state index contributed by atoms with van der Waals surface area (Å²) in [6.07, 6.45) is 1.67. The van der Waals surface area contributed by atoms with Crippen molar-refractivity contribution in [3.8, 4) is 0 Å². The van der Waals surface area contributed by atoms with Crippen molar-refractivity contribution in [2.24, 2.45) is 0 Å². The summed E-state index contributed by atoms with van der Waals surface area (Å²) in [6, 6.07) is 7.23. The van der Waals surface area contributed by atoms with Gasteiger partial charge in [0.15, 0.2) is 0 Å². The maximum Gasteiger partial charge on any atom is 0.135 e. The number of rotatable bonds is 6. The number of hydrogen-bond acceptors (Lipinski definition) is 3. The molecule has 21 heavy (non-hydrogen) atoms. The molecular formula is C13H10BrCl2NOS3. The molecule has 1 unspecified atom stereocenters. The quantitative estimate of drug-likeness (QED) is 0.575. The molecule has 0 aliphatic heterocycles. The van der Waals surface area contributed by atoms with Crippen LogP contribution in [0.25, 0.3) is 0 Å². The Bertz CT molecular complexity index is 670. The van der Waals surface area contributed by atoms with Gasteiger partial charge in [0.1, 0.15) is 15.2 Å². The predicted molar refractivity (Wildman–Crippen MR) is 97.2 cm³/mol. The van der Waals surface area contributed by atoms with Crippen LogP contribution in [0.15, 0.2) is 54.7 Å². The second-order valence-corrected chi connectivity index (χ2v) is 9.28. The molecule has 2 nitrogen and oxygen atoms in total. The zero-order valence-electron chi connectivity index (χ0n) is 10.6. The highest BCUT2D eigenvalue weighted by Crippen LogP contribution is 2.45. The predicted octanol–water partition coefficient (Wildman–Crippen LogP) is 5.77. The van der Waals surface area contributed by atoms with Crippen LogP contribution in [0.3, 0.4) is 0 Å². The molecule has 112 valence electrons. The van der Waals surface area contributed by atoms with E-state index in [9.17, 15) is 4.21 Å². The van der Waals surface area contributed by atoms with E-state index in [2.05, 4.69) is 27.2 Å². The Morgan fingerprint density at radius 3 is 2.71 bits per heavy atom. The minimum Gasteiger partial charge on any atom is -0.237 e. The topological polar surface area (TPSA) is 29.1 Å². The Morgan fingerprint density at radius 1 is 1.43 bits per heavy atom.